The number of carbonyl (C=O) groups excluding carboxylic acids is 1. The molecule has 0 saturated heterocycles. The summed E-state index contributed by atoms with van der Waals surface area (Å²) in [6.45, 7) is 1.09. The van der Waals surface area contributed by atoms with Crippen molar-refractivity contribution in [3.05, 3.63) is 60.4 Å². The van der Waals surface area contributed by atoms with Crippen LogP contribution in [-0.4, -0.2) is 37.2 Å². The molecule has 1 aromatic heterocycles. The van der Waals surface area contributed by atoms with E-state index in [1.54, 1.807) is 24.4 Å². The first-order valence-electron chi connectivity index (χ1n) is 8.42. The first kappa shape index (κ1) is 20.1. The van der Waals surface area contributed by atoms with Gasteiger partial charge in [0.05, 0.1) is 10.5 Å². The van der Waals surface area contributed by atoms with Crippen molar-refractivity contribution in [2.24, 2.45) is 0 Å². The summed E-state index contributed by atoms with van der Waals surface area (Å²) in [5.74, 6) is -0.412. The predicted octanol–water partition coefficient (Wildman–Crippen LogP) is 2.39. The maximum Gasteiger partial charge on any atom is 0.405 e. The third-order valence-electron chi connectivity index (χ3n) is 4.01. The lowest BCUT2D eigenvalue weighted by molar-refractivity contribution is -0.118. The summed E-state index contributed by atoms with van der Waals surface area (Å²) in [6.07, 6.45) is -1.43. The molecule has 2 amide bonds. The first-order valence-corrected chi connectivity index (χ1v) is 9.91. The average molecular weight is 415 g/mol. The summed E-state index contributed by atoms with van der Waals surface area (Å²) in [5, 5.41) is 14.4. The molecule has 3 rings (SSSR count). The predicted molar refractivity (Wildman–Crippen MR) is 103 cm³/mol. The van der Waals surface area contributed by atoms with Gasteiger partial charge in [-0.2, -0.15) is 0 Å². The van der Waals surface area contributed by atoms with E-state index < -0.39 is 28.6 Å². The number of nitrogens with zero attached hydrogens (tertiary/aromatic N) is 1. The zero-order valence-corrected chi connectivity index (χ0v) is 16.1. The molecule has 0 aliphatic carbocycles. The fourth-order valence-electron chi connectivity index (χ4n) is 2.71. The van der Waals surface area contributed by atoms with Crippen molar-refractivity contribution in [2.75, 3.05) is 6.54 Å². The second-order valence-electron chi connectivity index (χ2n) is 6.04. The lowest BCUT2D eigenvalue weighted by atomic mass is 10.00. The van der Waals surface area contributed by atoms with Crippen molar-refractivity contribution >= 4 is 22.0 Å². The number of hydrogen-bond donors (Lipinski definition) is 3. The van der Waals surface area contributed by atoms with Crippen LogP contribution >= 0.6 is 0 Å². The van der Waals surface area contributed by atoms with Crippen LogP contribution in [0.5, 0.6) is 0 Å². The van der Waals surface area contributed by atoms with Gasteiger partial charge in [-0.3, -0.25) is 4.79 Å². The summed E-state index contributed by atoms with van der Waals surface area (Å²) >= 11 is 0. The monoisotopic (exact) mass is 415 g/mol. The Labute approximate surface area is 166 Å². The van der Waals surface area contributed by atoms with Gasteiger partial charge < -0.3 is 14.9 Å². The molecular weight excluding hydrogens is 398 g/mol. The summed E-state index contributed by atoms with van der Waals surface area (Å²) in [4.78, 5) is 21.9. The zero-order chi connectivity index (χ0) is 21.0. The van der Waals surface area contributed by atoms with Crippen LogP contribution in [0.4, 0.5) is 4.79 Å². The van der Waals surface area contributed by atoms with Crippen molar-refractivity contribution in [3.63, 3.8) is 0 Å². The second-order valence-corrected chi connectivity index (χ2v) is 7.72. The molecule has 3 aromatic rings. The molecule has 0 aliphatic rings. The Morgan fingerprint density at radius 3 is 2.31 bits per heavy atom. The van der Waals surface area contributed by atoms with Gasteiger partial charge >= 0.3 is 6.09 Å². The highest BCUT2D eigenvalue weighted by Gasteiger charge is 2.20. The lowest BCUT2D eigenvalue weighted by Gasteiger charge is -2.08. The van der Waals surface area contributed by atoms with Crippen LogP contribution < -0.4 is 10.0 Å². The van der Waals surface area contributed by atoms with E-state index in [0.29, 0.717) is 17.0 Å². The number of carbonyl (C=O) groups is 2. The van der Waals surface area contributed by atoms with Crippen molar-refractivity contribution in [2.45, 2.75) is 11.8 Å². The van der Waals surface area contributed by atoms with E-state index >= 15 is 0 Å². The molecule has 9 nitrogen and oxygen atoms in total. The van der Waals surface area contributed by atoms with E-state index in [9.17, 15) is 18.0 Å². The van der Waals surface area contributed by atoms with Crippen LogP contribution in [0.2, 0.25) is 0 Å². The smallest absolute Gasteiger partial charge is 0.405 e. The van der Waals surface area contributed by atoms with Gasteiger partial charge in [0, 0.05) is 5.56 Å². The number of hydrogen-bond acceptors (Lipinski definition) is 6. The van der Waals surface area contributed by atoms with Gasteiger partial charge in [0.1, 0.15) is 18.0 Å². The third-order valence-corrected chi connectivity index (χ3v) is 5.40. The van der Waals surface area contributed by atoms with Gasteiger partial charge in [0.2, 0.25) is 0 Å². The number of sulfonamides is 1. The van der Waals surface area contributed by atoms with E-state index in [4.69, 9.17) is 9.63 Å². The number of amides is 2. The maximum atomic E-state index is 12.3. The van der Waals surface area contributed by atoms with Gasteiger partial charge in [0.25, 0.3) is 15.9 Å². The molecule has 1 heterocycles. The van der Waals surface area contributed by atoms with Crippen molar-refractivity contribution in [3.8, 4) is 22.4 Å². The van der Waals surface area contributed by atoms with Gasteiger partial charge in [-0.15, -0.1) is 0 Å². The van der Waals surface area contributed by atoms with Crippen LogP contribution in [0, 0.1) is 6.92 Å². The highest BCUT2D eigenvalue weighted by Crippen LogP contribution is 2.34. The van der Waals surface area contributed by atoms with Crippen LogP contribution in [0.3, 0.4) is 0 Å². The molecule has 0 radical (unpaired) electrons. The molecule has 0 aliphatic heterocycles. The summed E-state index contributed by atoms with van der Waals surface area (Å²) < 4.78 is 31.7. The molecule has 0 fully saturated rings. The average Bonchev–Trinajstić information content (AvgIpc) is 3.08. The van der Waals surface area contributed by atoms with E-state index in [1.807, 2.05) is 35.1 Å². The molecule has 0 unspecified atom stereocenters. The fourth-order valence-corrected chi connectivity index (χ4v) is 3.69. The highest BCUT2D eigenvalue weighted by atomic mass is 32.2. The van der Waals surface area contributed by atoms with Crippen molar-refractivity contribution in [1.29, 1.82) is 0 Å². The minimum absolute atomic E-state index is 0.139. The molecule has 0 spiro atoms. The van der Waals surface area contributed by atoms with Crippen LogP contribution in [0.1, 0.15) is 5.76 Å². The quantitative estimate of drug-likeness (QED) is 0.562. The van der Waals surface area contributed by atoms with Crippen molar-refractivity contribution < 1.29 is 27.6 Å². The standard InChI is InChI=1S/C19H17N3O6S/c1-12-17(18(21-28-12)14-5-3-2-4-6-14)13-7-9-15(10-8-13)29(26,27)22-16(23)11-20-19(24)25/h2-10,20H,11H2,1H3,(H,22,23)(H,24,25). The Balaban J connectivity index is 1.85. The van der Waals surface area contributed by atoms with Gasteiger partial charge in [-0.25, -0.2) is 17.9 Å². The largest absolute Gasteiger partial charge is 0.465 e. The first-order chi connectivity index (χ1) is 13.8. The van der Waals surface area contributed by atoms with E-state index in [-0.39, 0.29) is 4.90 Å². The Kier molecular flexibility index (Phi) is 5.64. The van der Waals surface area contributed by atoms with Crippen LogP contribution in [0.15, 0.2) is 64.0 Å². The Hall–Kier alpha value is -3.66. The van der Waals surface area contributed by atoms with Crippen molar-refractivity contribution in [1.82, 2.24) is 15.2 Å². The minimum Gasteiger partial charge on any atom is -0.465 e. The molecule has 0 atom stereocenters. The number of aryl methyl sites for hydroxylation is 1. The molecule has 2 aromatic carbocycles. The van der Waals surface area contributed by atoms with Gasteiger partial charge in [0.15, 0.2) is 0 Å². The Bertz CT molecular complexity index is 1140. The number of benzene rings is 2. The van der Waals surface area contributed by atoms with E-state index in [2.05, 4.69) is 5.16 Å². The number of aromatic nitrogens is 1. The number of carboxylic acid groups (broad SMARTS) is 1. The molecule has 0 saturated carbocycles. The summed E-state index contributed by atoms with van der Waals surface area (Å²) in [7, 11) is -4.14. The Morgan fingerprint density at radius 1 is 1.03 bits per heavy atom. The van der Waals surface area contributed by atoms with E-state index in [1.165, 1.54) is 12.1 Å². The lowest BCUT2D eigenvalue weighted by Crippen LogP contribution is -2.39. The van der Waals surface area contributed by atoms with Gasteiger partial charge in [-0.05, 0) is 24.6 Å². The SMILES string of the molecule is Cc1onc(-c2ccccc2)c1-c1ccc(S(=O)(=O)NC(=O)CNC(=O)O)cc1. The molecular formula is C19H17N3O6S. The molecule has 150 valence electrons. The summed E-state index contributed by atoms with van der Waals surface area (Å²) in [5.41, 5.74) is 2.91. The zero-order valence-electron chi connectivity index (χ0n) is 15.2. The van der Waals surface area contributed by atoms with Crippen LogP contribution in [0.25, 0.3) is 22.4 Å². The molecule has 3 N–H and O–H groups in total. The topological polar surface area (TPSA) is 139 Å². The highest BCUT2D eigenvalue weighted by molar-refractivity contribution is 7.90. The maximum absolute atomic E-state index is 12.3. The number of nitrogens with one attached hydrogen (secondary N) is 2. The summed E-state index contributed by atoms with van der Waals surface area (Å²) in [6, 6.07) is 15.3. The second kappa shape index (κ2) is 8.15. The normalized spacial score (nSPS) is 11.1. The minimum atomic E-state index is -4.14. The van der Waals surface area contributed by atoms with E-state index in [0.717, 1.165) is 11.1 Å². The fraction of sp³-hybridized carbons (Fsp3) is 0.105. The molecule has 29 heavy (non-hydrogen) atoms. The molecule has 10 heteroatoms. The third kappa shape index (κ3) is 4.61. The van der Waals surface area contributed by atoms with Crippen LogP contribution in [-0.2, 0) is 14.8 Å². The number of rotatable bonds is 6. The van der Waals surface area contributed by atoms with Gasteiger partial charge in [-0.1, -0.05) is 47.6 Å². The Morgan fingerprint density at radius 2 is 1.69 bits per heavy atom. The molecule has 0 bridgehead atoms.